The number of benzene rings is 1. The number of hydrogen-bond donors (Lipinski definition) is 1. The second-order valence-electron chi connectivity index (χ2n) is 7.27. The number of para-hydroxylation sites is 1. The van der Waals surface area contributed by atoms with Crippen LogP contribution in [0.15, 0.2) is 36.4 Å². The molecule has 0 bridgehead atoms. The van der Waals surface area contributed by atoms with Crippen molar-refractivity contribution in [2.24, 2.45) is 0 Å². The summed E-state index contributed by atoms with van der Waals surface area (Å²) in [6, 6.07) is 11.7. The maximum Gasteiger partial charge on any atom is 0.264 e. The fourth-order valence-corrected chi connectivity index (χ4v) is 4.65. The minimum atomic E-state index is -0.317. The van der Waals surface area contributed by atoms with Gasteiger partial charge in [-0.1, -0.05) is 12.1 Å². The second kappa shape index (κ2) is 7.78. The van der Waals surface area contributed by atoms with Crippen molar-refractivity contribution < 1.29 is 9.59 Å². The highest BCUT2D eigenvalue weighted by molar-refractivity contribution is 7.26. The molecule has 1 aromatic carbocycles. The van der Waals surface area contributed by atoms with E-state index in [1.165, 1.54) is 11.3 Å². The zero-order valence-electron chi connectivity index (χ0n) is 15.9. The quantitative estimate of drug-likeness (QED) is 0.689. The van der Waals surface area contributed by atoms with Crippen molar-refractivity contribution in [3.05, 3.63) is 41.3 Å². The first-order valence-corrected chi connectivity index (χ1v) is 10.5. The molecule has 0 fully saturated rings. The Bertz CT molecular complexity index is 936. The van der Waals surface area contributed by atoms with Crippen LogP contribution in [-0.2, 0) is 4.79 Å². The van der Waals surface area contributed by atoms with Crippen LogP contribution in [0.5, 0.6) is 0 Å². The Labute approximate surface area is 167 Å². The third-order valence-corrected chi connectivity index (χ3v) is 6.12. The maximum absolute atomic E-state index is 12.8. The summed E-state index contributed by atoms with van der Waals surface area (Å²) in [5, 5.41) is 3.81. The van der Waals surface area contributed by atoms with E-state index in [0.29, 0.717) is 11.4 Å². The van der Waals surface area contributed by atoms with Gasteiger partial charge in [0.05, 0.1) is 26.5 Å². The minimum absolute atomic E-state index is 0.0565. The number of thiophene rings is 1. The Hall–Kier alpha value is -2.25. The predicted molar refractivity (Wildman–Crippen MR) is 112 cm³/mol. The number of nitrogens with zero attached hydrogens (tertiary/aromatic N) is 2. The number of carbonyl (C=O) groups excluding carboxylic acids is 2. The first-order valence-electron chi connectivity index (χ1n) is 8.83. The van der Waals surface area contributed by atoms with E-state index < -0.39 is 0 Å². The molecule has 0 unspecified atom stereocenters. The van der Waals surface area contributed by atoms with Gasteiger partial charge in [-0.15, -0.1) is 22.7 Å². The van der Waals surface area contributed by atoms with E-state index in [-0.39, 0.29) is 23.9 Å². The van der Waals surface area contributed by atoms with Gasteiger partial charge in [-0.3, -0.25) is 9.59 Å². The molecule has 2 heterocycles. The summed E-state index contributed by atoms with van der Waals surface area (Å²) in [4.78, 5) is 32.8. The van der Waals surface area contributed by atoms with E-state index in [1.54, 1.807) is 16.2 Å². The van der Waals surface area contributed by atoms with Crippen molar-refractivity contribution in [1.82, 2.24) is 15.2 Å². The van der Waals surface area contributed by atoms with Crippen molar-refractivity contribution >= 4 is 44.7 Å². The van der Waals surface area contributed by atoms with Crippen molar-refractivity contribution in [2.75, 3.05) is 13.1 Å². The molecule has 3 rings (SSSR count). The van der Waals surface area contributed by atoms with E-state index in [9.17, 15) is 9.59 Å². The lowest BCUT2D eigenvalue weighted by atomic mass is 10.1. The van der Waals surface area contributed by atoms with Gasteiger partial charge in [0.1, 0.15) is 5.01 Å². The molecular weight excluding hydrogens is 378 g/mol. The van der Waals surface area contributed by atoms with Gasteiger partial charge in [0.2, 0.25) is 5.91 Å². The Morgan fingerprint density at radius 3 is 2.52 bits per heavy atom. The number of aromatic nitrogens is 1. The fraction of sp³-hybridized carbons (Fsp3) is 0.350. The molecule has 0 saturated carbocycles. The molecule has 3 aromatic rings. The number of fused-ring (bicyclic) bond motifs is 1. The zero-order valence-corrected chi connectivity index (χ0v) is 17.5. The molecule has 0 atom stereocenters. The molecule has 5 nitrogen and oxygen atoms in total. The highest BCUT2D eigenvalue weighted by atomic mass is 32.1. The Balaban J connectivity index is 1.75. The molecule has 0 spiro atoms. The van der Waals surface area contributed by atoms with E-state index in [4.69, 9.17) is 0 Å². The largest absolute Gasteiger partial charge is 0.350 e. The molecule has 0 aliphatic carbocycles. The molecular formula is C20H23N3O2S2. The average molecular weight is 402 g/mol. The topological polar surface area (TPSA) is 62.3 Å². The standard InChI is InChI=1S/C20H23N3O2S2/c1-5-23(12-17(24)22-20(2,3)4)19(25)16-11-10-15(26-16)18-21-13-8-6-7-9-14(13)27-18/h6-11H,5,12H2,1-4H3,(H,22,24). The molecule has 1 N–H and O–H groups in total. The summed E-state index contributed by atoms with van der Waals surface area (Å²) in [7, 11) is 0. The number of carbonyl (C=O) groups is 2. The normalized spacial score (nSPS) is 11.6. The van der Waals surface area contributed by atoms with E-state index in [2.05, 4.69) is 10.3 Å². The van der Waals surface area contributed by atoms with Crippen LogP contribution in [0.3, 0.4) is 0 Å². The molecule has 0 saturated heterocycles. The van der Waals surface area contributed by atoms with Crippen molar-refractivity contribution in [2.45, 2.75) is 33.2 Å². The lowest BCUT2D eigenvalue weighted by molar-refractivity contribution is -0.123. The second-order valence-corrected chi connectivity index (χ2v) is 9.38. The number of rotatable bonds is 5. The summed E-state index contributed by atoms with van der Waals surface area (Å²) < 4.78 is 1.13. The maximum atomic E-state index is 12.8. The van der Waals surface area contributed by atoms with Crippen LogP contribution in [0, 0.1) is 0 Å². The Kier molecular flexibility index (Phi) is 5.62. The van der Waals surface area contributed by atoms with Gasteiger partial charge in [0.25, 0.3) is 5.91 Å². The molecule has 2 aromatic heterocycles. The van der Waals surface area contributed by atoms with Crippen LogP contribution in [0.25, 0.3) is 20.1 Å². The van der Waals surface area contributed by atoms with Crippen LogP contribution in [0.4, 0.5) is 0 Å². The van der Waals surface area contributed by atoms with E-state index >= 15 is 0 Å². The highest BCUT2D eigenvalue weighted by Crippen LogP contribution is 2.34. The molecule has 27 heavy (non-hydrogen) atoms. The van der Waals surface area contributed by atoms with Crippen molar-refractivity contribution in [3.63, 3.8) is 0 Å². The predicted octanol–water partition coefficient (Wildman–Crippen LogP) is 4.40. The Morgan fingerprint density at radius 1 is 1.11 bits per heavy atom. The molecule has 2 amide bonds. The van der Waals surface area contributed by atoms with Gasteiger partial charge < -0.3 is 10.2 Å². The zero-order chi connectivity index (χ0) is 19.6. The van der Waals surface area contributed by atoms with Crippen LogP contribution in [0.2, 0.25) is 0 Å². The number of thiazole rings is 1. The van der Waals surface area contributed by atoms with Gasteiger partial charge in [0, 0.05) is 12.1 Å². The number of nitrogens with one attached hydrogen (secondary N) is 1. The lowest BCUT2D eigenvalue weighted by Gasteiger charge is -2.24. The molecule has 0 radical (unpaired) electrons. The van der Waals surface area contributed by atoms with Gasteiger partial charge in [-0.2, -0.15) is 0 Å². The monoisotopic (exact) mass is 401 g/mol. The number of amides is 2. The van der Waals surface area contributed by atoms with Gasteiger partial charge in [-0.05, 0) is 52.0 Å². The summed E-state index contributed by atoms with van der Waals surface area (Å²) in [5.74, 6) is -0.278. The summed E-state index contributed by atoms with van der Waals surface area (Å²) in [6.45, 7) is 8.18. The first-order chi connectivity index (χ1) is 12.8. The third-order valence-electron chi connectivity index (χ3n) is 3.84. The molecule has 0 aliphatic heterocycles. The molecule has 0 aliphatic rings. The summed E-state index contributed by atoms with van der Waals surface area (Å²) in [5.41, 5.74) is 0.649. The Morgan fingerprint density at radius 2 is 1.85 bits per heavy atom. The van der Waals surface area contributed by atoms with Crippen LogP contribution in [0.1, 0.15) is 37.4 Å². The van der Waals surface area contributed by atoms with Crippen LogP contribution in [-0.4, -0.2) is 40.3 Å². The van der Waals surface area contributed by atoms with Crippen molar-refractivity contribution in [1.29, 1.82) is 0 Å². The summed E-state index contributed by atoms with van der Waals surface area (Å²) >= 11 is 3.04. The third kappa shape index (κ3) is 4.73. The lowest BCUT2D eigenvalue weighted by Crippen LogP contribution is -2.47. The highest BCUT2D eigenvalue weighted by Gasteiger charge is 2.22. The van der Waals surface area contributed by atoms with Crippen LogP contribution >= 0.6 is 22.7 Å². The number of likely N-dealkylation sites (N-methyl/N-ethyl adjacent to an activating group) is 1. The van der Waals surface area contributed by atoms with Gasteiger partial charge in [0.15, 0.2) is 0 Å². The van der Waals surface area contributed by atoms with Crippen molar-refractivity contribution in [3.8, 4) is 9.88 Å². The number of hydrogen-bond acceptors (Lipinski definition) is 5. The van der Waals surface area contributed by atoms with Crippen LogP contribution < -0.4 is 5.32 Å². The average Bonchev–Trinajstić information content (AvgIpc) is 3.23. The van der Waals surface area contributed by atoms with E-state index in [1.807, 2.05) is 64.1 Å². The van der Waals surface area contributed by atoms with E-state index in [0.717, 1.165) is 20.1 Å². The van der Waals surface area contributed by atoms with Gasteiger partial charge in [-0.25, -0.2) is 4.98 Å². The smallest absolute Gasteiger partial charge is 0.264 e. The molecule has 142 valence electrons. The summed E-state index contributed by atoms with van der Waals surface area (Å²) in [6.07, 6.45) is 0. The minimum Gasteiger partial charge on any atom is -0.350 e. The SMILES string of the molecule is CCN(CC(=O)NC(C)(C)C)C(=O)c1ccc(-c2nc3ccccc3s2)s1. The fourth-order valence-electron chi connectivity index (χ4n) is 2.66. The van der Waals surface area contributed by atoms with Gasteiger partial charge >= 0.3 is 0 Å². The molecule has 7 heteroatoms. The first kappa shape index (κ1) is 19.5.